The molecule has 9 heteroatoms. The molecule has 0 aliphatic carbocycles. The van der Waals surface area contributed by atoms with Crippen LogP contribution >= 0.6 is 0 Å². The first-order valence-electron chi connectivity index (χ1n) is 24.7. The minimum atomic E-state index is -1.57. The van der Waals surface area contributed by atoms with Crippen molar-refractivity contribution in [1.82, 2.24) is 5.32 Å². The molecule has 1 aliphatic rings. The summed E-state index contributed by atoms with van der Waals surface area (Å²) in [5, 5.41) is 54.1. The third kappa shape index (κ3) is 31.0. The molecule has 0 bridgehead atoms. The van der Waals surface area contributed by atoms with Crippen molar-refractivity contribution in [3.63, 3.8) is 0 Å². The molecule has 1 heterocycles. The molecule has 0 aromatic carbocycles. The minimum absolute atomic E-state index is 0.194. The Hall–Kier alpha value is -1.59. The van der Waals surface area contributed by atoms with Gasteiger partial charge >= 0.3 is 0 Å². The van der Waals surface area contributed by atoms with Gasteiger partial charge in [0.15, 0.2) is 6.29 Å². The molecular formula is C50H93NO8. The molecule has 0 aromatic rings. The number of hydrogen-bond acceptors (Lipinski definition) is 8. The van der Waals surface area contributed by atoms with Crippen LogP contribution in [0.25, 0.3) is 0 Å². The Labute approximate surface area is 361 Å². The van der Waals surface area contributed by atoms with Gasteiger partial charge in [-0.2, -0.15) is 0 Å². The fraction of sp³-hybridized carbons (Fsp3) is 0.860. The van der Waals surface area contributed by atoms with E-state index < -0.39 is 49.5 Å². The number of rotatable bonds is 41. The van der Waals surface area contributed by atoms with Gasteiger partial charge in [0.2, 0.25) is 5.91 Å². The van der Waals surface area contributed by atoms with E-state index in [1.165, 1.54) is 154 Å². The zero-order chi connectivity index (χ0) is 43.0. The third-order valence-corrected chi connectivity index (χ3v) is 11.7. The van der Waals surface area contributed by atoms with Gasteiger partial charge < -0.3 is 40.3 Å². The van der Waals surface area contributed by atoms with Crippen LogP contribution < -0.4 is 5.32 Å². The van der Waals surface area contributed by atoms with Gasteiger partial charge in [-0.05, 0) is 44.9 Å². The van der Waals surface area contributed by atoms with Gasteiger partial charge in [-0.1, -0.05) is 204 Å². The van der Waals surface area contributed by atoms with E-state index >= 15 is 0 Å². The molecule has 1 aliphatic heterocycles. The number of unbranched alkanes of at least 4 members (excludes halogenated alkanes) is 27. The smallest absolute Gasteiger partial charge is 0.220 e. The maximum Gasteiger partial charge on any atom is 0.220 e. The molecule has 1 saturated heterocycles. The molecule has 1 rings (SSSR count). The van der Waals surface area contributed by atoms with Crippen LogP contribution in [0.2, 0.25) is 0 Å². The summed E-state index contributed by atoms with van der Waals surface area (Å²) in [5.41, 5.74) is 0. The van der Waals surface area contributed by atoms with Crippen molar-refractivity contribution in [2.45, 2.75) is 262 Å². The highest BCUT2D eigenvalue weighted by atomic mass is 16.7. The number of hydrogen-bond donors (Lipinski definition) is 6. The quantitative estimate of drug-likeness (QED) is 0.0263. The van der Waals surface area contributed by atoms with E-state index in [9.17, 15) is 30.3 Å². The van der Waals surface area contributed by atoms with Crippen molar-refractivity contribution in [1.29, 1.82) is 0 Å². The SMILES string of the molecule is CCCCCCCCCCCCCCCCCCC/C=C/CC/C=C/CC/C=C/C(O)C(COC1OC(CO)C(O)C(O)C1O)NC(=O)CCCCCCCCCCC. The Morgan fingerprint density at radius 1 is 0.559 bits per heavy atom. The second kappa shape index (κ2) is 40.5. The lowest BCUT2D eigenvalue weighted by atomic mass is 9.99. The lowest BCUT2D eigenvalue weighted by Gasteiger charge is -2.40. The standard InChI is InChI=1S/C50H93NO8/c1-3-5-7-9-11-13-14-15-16-17-18-19-20-21-22-23-24-25-26-27-28-29-30-32-33-35-37-39-44(53)43(42-58-50-49(57)48(56)47(55)45(41-52)59-50)51-46(54)40-38-36-34-31-12-10-8-6-4-2/h26-27,30,32,37,39,43-45,47-50,52-53,55-57H,3-25,28-29,31,33-36,38,40-42H2,1-2H3,(H,51,54)/b27-26+,32-30+,39-37+. The van der Waals surface area contributed by atoms with Crippen LogP contribution in [0.15, 0.2) is 36.5 Å². The van der Waals surface area contributed by atoms with Crippen molar-refractivity contribution < 1.29 is 39.8 Å². The second-order valence-corrected chi connectivity index (χ2v) is 17.2. The first kappa shape index (κ1) is 55.4. The van der Waals surface area contributed by atoms with Crippen LogP contribution in [-0.4, -0.2) is 87.5 Å². The number of aliphatic hydroxyl groups is 5. The molecule has 1 amide bonds. The zero-order valence-electron chi connectivity index (χ0n) is 38.0. The van der Waals surface area contributed by atoms with E-state index in [4.69, 9.17) is 9.47 Å². The summed E-state index contributed by atoms with van der Waals surface area (Å²) < 4.78 is 11.2. The summed E-state index contributed by atoms with van der Waals surface area (Å²) in [7, 11) is 0. The molecule has 59 heavy (non-hydrogen) atoms. The van der Waals surface area contributed by atoms with Gasteiger partial charge in [0.25, 0.3) is 0 Å². The predicted octanol–water partition coefficient (Wildman–Crippen LogP) is 10.8. The Kier molecular flexibility index (Phi) is 38.0. The Balaban J connectivity index is 2.25. The van der Waals surface area contributed by atoms with Crippen molar-refractivity contribution in [2.24, 2.45) is 0 Å². The van der Waals surface area contributed by atoms with Crippen molar-refractivity contribution in [3.05, 3.63) is 36.5 Å². The van der Waals surface area contributed by atoms with Crippen LogP contribution in [0.3, 0.4) is 0 Å². The minimum Gasteiger partial charge on any atom is -0.394 e. The molecule has 7 unspecified atom stereocenters. The Morgan fingerprint density at radius 3 is 1.42 bits per heavy atom. The van der Waals surface area contributed by atoms with Gasteiger partial charge in [0, 0.05) is 6.42 Å². The van der Waals surface area contributed by atoms with Crippen molar-refractivity contribution >= 4 is 5.91 Å². The summed E-state index contributed by atoms with van der Waals surface area (Å²) in [6.07, 6.45) is 43.7. The Morgan fingerprint density at radius 2 is 0.966 bits per heavy atom. The molecule has 9 nitrogen and oxygen atoms in total. The topological polar surface area (TPSA) is 149 Å². The highest BCUT2D eigenvalue weighted by Crippen LogP contribution is 2.23. The summed E-state index contributed by atoms with van der Waals surface area (Å²) in [6.45, 7) is 3.73. The second-order valence-electron chi connectivity index (χ2n) is 17.2. The van der Waals surface area contributed by atoms with Crippen LogP contribution in [0, 0.1) is 0 Å². The summed E-state index contributed by atoms with van der Waals surface area (Å²) >= 11 is 0. The number of carbonyl (C=O) groups excluding carboxylic acids is 1. The first-order chi connectivity index (χ1) is 28.8. The summed E-state index contributed by atoms with van der Waals surface area (Å²) in [4.78, 5) is 12.9. The number of nitrogens with one attached hydrogen (secondary N) is 1. The molecule has 0 spiro atoms. The van der Waals surface area contributed by atoms with Gasteiger partial charge in [0.05, 0.1) is 25.4 Å². The molecule has 346 valence electrons. The third-order valence-electron chi connectivity index (χ3n) is 11.7. The maximum absolute atomic E-state index is 12.9. The zero-order valence-corrected chi connectivity index (χ0v) is 38.0. The molecule has 6 N–H and O–H groups in total. The average molecular weight is 836 g/mol. The van der Waals surface area contributed by atoms with Gasteiger partial charge in [-0.3, -0.25) is 4.79 Å². The van der Waals surface area contributed by atoms with Crippen LogP contribution in [-0.2, 0) is 14.3 Å². The largest absolute Gasteiger partial charge is 0.394 e. The molecule has 0 radical (unpaired) electrons. The van der Waals surface area contributed by atoms with E-state index in [2.05, 4.69) is 43.5 Å². The van der Waals surface area contributed by atoms with Crippen LogP contribution in [0.4, 0.5) is 0 Å². The first-order valence-corrected chi connectivity index (χ1v) is 24.7. The number of amides is 1. The molecule has 1 fully saturated rings. The maximum atomic E-state index is 12.9. The van der Waals surface area contributed by atoms with E-state index in [-0.39, 0.29) is 12.5 Å². The summed E-state index contributed by atoms with van der Waals surface area (Å²) in [6, 6.07) is -0.823. The van der Waals surface area contributed by atoms with E-state index in [0.29, 0.717) is 6.42 Å². The number of allylic oxidation sites excluding steroid dienone is 5. The molecule has 0 aromatic heterocycles. The van der Waals surface area contributed by atoms with E-state index in [1.807, 2.05) is 6.08 Å². The fourth-order valence-corrected chi connectivity index (χ4v) is 7.72. The summed E-state index contributed by atoms with van der Waals surface area (Å²) in [5.74, 6) is -0.194. The molecule has 0 saturated carbocycles. The van der Waals surface area contributed by atoms with E-state index in [0.717, 1.165) is 44.9 Å². The normalized spacial score (nSPS) is 21.0. The Bertz CT molecular complexity index is 1020. The molecular weight excluding hydrogens is 743 g/mol. The molecule has 7 atom stereocenters. The number of carbonyl (C=O) groups is 1. The van der Waals surface area contributed by atoms with E-state index in [1.54, 1.807) is 6.08 Å². The van der Waals surface area contributed by atoms with Crippen molar-refractivity contribution in [2.75, 3.05) is 13.2 Å². The van der Waals surface area contributed by atoms with Gasteiger partial charge in [-0.15, -0.1) is 0 Å². The van der Waals surface area contributed by atoms with Gasteiger partial charge in [0.1, 0.15) is 24.4 Å². The lowest BCUT2D eigenvalue weighted by molar-refractivity contribution is -0.302. The van der Waals surface area contributed by atoms with Crippen molar-refractivity contribution in [3.8, 4) is 0 Å². The average Bonchev–Trinajstić information content (AvgIpc) is 3.23. The van der Waals surface area contributed by atoms with Crippen LogP contribution in [0.5, 0.6) is 0 Å². The van der Waals surface area contributed by atoms with Gasteiger partial charge in [-0.25, -0.2) is 0 Å². The predicted molar refractivity (Wildman–Crippen MR) is 244 cm³/mol. The number of ether oxygens (including phenoxy) is 2. The fourth-order valence-electron chi connectivity index (χ4n) is 7.72. The highest BCUT2D eigenvalue weighted by molar-refractivity contribution is 5.76. The number of aliphatic hydroxyl groups excluding tert-OH is 5. The lowest BCUT2D eigenvalue weighted by Crippen LogP contribution is -2.60. The van der Waals surface area contributed by atoms with Crippen LogP contribution in [0.1, 0.15) is 219 Å². The monoisotopic (exact) mass is 836 g/mol. The highest BCUT2D eigenvalue weighted by Gasteiger charge is 2.44.